The average molecular weight is 358 g/mol. The maximum Gasteiger partial charge on any atom is 0.407 e. The third-order valence-electron chi connectivity index (χ3n) is 5.68. The Kier molecular flexibility index (Phi) is 6.33. The van der Waals surface area contributed by atoms with Crippen molar-refractivity contribution in [3.05, 3.63) is 41.5 Å². The Balaban J connectivity index is 1.58. The van der Waals surface area contributed by atoms with E-state index in [1.807, 2.05) is 18.2 Å². The molecular weight excluding hydrogens is 328 g/mol. The van der Waals surface area contributed by atoms with Gasteiger partial charge in [0.2, 0.25) is 0 Å². The molecule has 0 spiro atoms. The topological polar surface area (TPSA) is 53.0 Å². The molecule has 0 radical (unpaired) electrons. The lowest BCUT2D eigenvalue weighted by Gasteiger charge is -2.37. The molecule has 26 heavy (non-hydrogen) atoms. The molecule has 1 aromatic carbocycles. The number of methoxy groups -OCH3 is 1. The van der Waals surface area contributed by atoms with Crippen LogP contribution in [0.1, 0.15) is 31.7 Å². The van der Waals surface area contributed by atoms with Gasteiger partial charge in [-0.1, -0.05) is 42.0 Å². The first-order chi connectivity index (χ1) is 12.6. The number of likely N-dealkylation sites (tertiary alicyclic amines) is 1. The van der Waals surface area contributed by atoms with Gasteiger partial charge in [0.15, 0.2) is 0 Å². The van der Waals surface area contributed by atoms with Gasteiger partial charge >= 0.3 is 6.09 Å². The first-order valence-corrected chi connectivity index (χ1v) is 9.56. The molecule has 2 aliphatic rings. The SMILES string of the molecule is COCCN1CCC(N(C(=O)O)C2CC2C(C)=Cc2ccccc2)CC1. The van der Waals surface area contributed by atoms with Crippen molar-refractivity contribution in [2.24, 2.45) is 5.92 Å². The second kappa shape index (κ2) is 8.69. The van der Waals surface area contributed by atoms with Crippen molar-refractivity contribution in [1.82, 2.24) is 9.80 Å². The number of hydrogen-bond donors (Lipinski definition) is 1. The molecule has 0 bridgehead atoms. The second-order valence-electron chi connectivity index (χ2n) is 7.46. The highest BCUT2D eigenvalue weighted by Gasteiger charge is 2.47. The van der Waals surface area contributed by atoms with Gasteiger partial charge in [0.1, 0.15) is 0 Å². The van der Waals surface area contributed by atoms with Gasteiger partial charge in [-0.05, 0) is 31.7 Å². The predicted octanol–water partition coefficient (Wildman–Crippen LogP) is 3.57. The smallest absolute Gasteiger partial charge is 0.407 e. The van der Waals surface area contributed by atoms with Crippen molar-refractivity contribution >= 4 is 12.2 Å². The Morgan fingerprint density at radius 1 is 1.31 bits per heavy atom. The Hall–Kier alpha value is -1.85. The Labute approximate surface area is 156 Å². The van der Waals surface area contributed by atoms with Crippen LogP contribution in [0, 0.1) is 5.92 Å². The monoisotopic (exact) mass is 358 g/mol. The molecule has 5 heteroatoms. The molecule has 1 saturated heterocycles. The van der Waals surface area contributed by atoms with Crippen molar-refractivity contribution < 1.29 is 14.6 Å². The van der Waals surface area contributed by atoms with Crippen LogP contribution in [-0.4, -0.2) is 66.4 Å². The summed E-state index contributed by atoms with van der Waals surface area (Å²) < 4.78 is 5.14. The number of hydrogen-bond acceptors (Lipinski definition) is 3. The number of piperidine rings is 1. The minimum Gasteiger partial charge on any atom is -0.465 e. The summed E-state index contributed by atoms with van der Waals surface area (Å²) >= 11 is 0. The van der Waals surface area contributed by atoms with E-state index in [1.54, 1.807) is 12.0 Å². The molecular formula is C21H30N2O3. The zero-order valence-corrected chi connectivity index (χ0v) is 15.8. The number of rotatable bonds is 7. The third-order valence-corrected chi connectivity index (χ3v) is 5.68. The number of nitrogens with zero attached hydrogens (tertiary/aromatic N) is 2. The van der Waals surface area contributed by atoms with Gasteiger partial charge in [-0.25, -0.2) is 4.79 Å². The van der Waals surface area contributed by atoms with Gasteiger partial charge in [-0.3, -0.25) is 0 Å². The van der Waals surface area contributed by atoms with E-state index in [0.717, 1.165) is 45.5 Å². The number of carbonyl (C=O) groups is 1. The van der Waals surface area contributed by atoms with Crippen molar-refractivity contribution in [3.63, 3.8) is 0 Å². The van der Waals surface area contributed by atoms with Gasteiger partial charge in [0, 0.05) is 44.7 Å². The van der Waals surface area contributed by atoms with E-state index in [-0.39, 0.29) is 12.1 Å². The summed E-state index contributed by atoms with van der Waals surface area (Å²) in [7, 11) is 1.72. The molecule has 1 aliphatic heterocycles. The lowest BCUT2D eigenvalue weighted by Crippen LogP contribution is -2.48. The van der Waals surface area contributed by atoms with Gasteiger partial charge < -0.3 is 19.6 Å². The van der Waals surface area contributed by atoms with Crippen LogP contribution in [0.2, 0.25) is 0 Å². The van der Waals surface area contributed by atoms with E-state index < -0.39 is 6.09 Å². The molecule has 142 valence electrons. The molecule has 1 N–H and O–H groups in total. The van der Waals surface area contributed by atoms with Crippen molar-refractivity contribution in [3.8, 4) is 0 Å². The van der Waals surface area contributed by atoms with Crippen molar-refractivity contribution in [2.75, 3.05) is 33.4 Å². The quantitative estimate of drug-likeness (QED) is 0.810. The van der Waals surface area contributed by atoms with Crippen LogP contribution in [0.5, 0.6) is 0 Å². The normalized spacial score (nSPS) is 24.5. The zero-order valence-electron chi connectivity index (χ0n) is 15.8. The first kappa shape index (κ1) is 18.9. The van der Waals surface area contributed by atoms with Crippen LogP contribution in [0.15, 0.2) is 35.9 Å². The number of amides is 1. The van der Waals surface area contributed by atoms with E-state index in [1.165, 1.54) is 11.1 Å². The van der Waals surface area contributed by atoms with E-state index in [2.05, 4.69) is 30.0 Å². The first-order valence-electron chi connectivity index (χ1n) is 9.56. The van der Waals surface area contributed by atoms with Gasteiger partial charge in [-0.2, -0.15) is 0 Å². The lowest BCUT2D eigenvalue weighted by atomic mass is 10.0. The minimum absolute atomic E-state index is 0.142. The lowest BCUT2D eigenvalue weighted by molar-refractivity contribution is 0.0738. The molecule has 1 saturated carbocycles. The van der Waals surface area contributed by atoms with Crippen molar-refractivity contribution in [1.29, 1.82) is 0 Å². The summed E-state index contributed by atoms with van der Waals surface area (Å²) in [5.41, 5.74) is 2.47. The van der Waals surface area contributed by atoms with Crippen LogP contribution in [-0.2, 0) is 4.74 Å². The van der Waals surface area contributed by atoms with Gasteiger partial charge in [0.05, 0.1) is 6.61 Å². The fraction of sp³-hybridized carbons (Fsp3) is 0.571. The molecule has 0 aromatic heterocycles. The molecule has 2 atom stereocenters. The average Bonchev–Trinajstić information content (AvgIpc) is 3.42. The van der Waals surface area contributed by atoms with Gasteiger partial charge in [-0.15, -0.1) is 0 Å². The minimum atomic E-state index is -0.764. The summed E-state index contributed by atoms with van der Waals surface area (Å²) in [6.45, 7) is 5.70. The van der Waals surface area contributed by atoms with Crippen LogP contribution in [0.3, 0.4) is 0 Å². The molecule has 2 unspecified atom stereocenters. The van der Waals surface area contributed by atoms with E-state index in [0.29, 0.717) is 5.92 Å². The second-order valence-corrected chi connectivity index (χ2v) is 7.46. The largest absolute Gasteiger partial charge is 0.465 e. The van der Waals surface area contributed by atoms with Gasteiger partial charge in [0.25, 0.3) is 0 Å². The van der Waals surface area contributed by atoms with Crippen LogP contribution in [0.25, 0.3) is 6.08 Å². The van der Waals surface area contributed by atoms with Crippen LogP contribution in [0.4, 0.5) is 4.79 Å². The number of benzene rings is 1. The standard InChI is InChI=1S/C21H30N2O3/c1-16(14-17-6-4-3-5-7-17)19-15-20(19)23(21(24)25)18-8-10-22(11-9-18)12-13-26-2/h3-7,14,18-20H,8-13,15H2,1-2H3,(H,24,25). The zero-order chi connectivity index (χ0) is 18.5. The summed E-state index contributed by atoms with van der Waals surface area (Å²) in [6, 6.07) is 10.5. The molecule has 1 heterocycles. The Morgan fingerprint density at radius 3 is 2.62 bits per heavy atom. The number of carboxylic acid groups (broad SMARTS) is 1. The molecule has 1 aliphatic carbocycles. The van der Waals surface area contributed by atoms with E-state index in [9.17, 15) is 9.90 Å². The highest BCUT2D eigenvalue weighted by Crippen LogP contribution is 2.44. The predicted molar refractivity (Wildman–Crippen MR) is 103 cm³/mol. The fourth-order valence-electron chi connectivity index (χ4n) is 4.11. The van der Waals surface area contributed by atoms with E-state index >= 15 is 0 Å². The molecule has 2 fully saturated rings. The highest BCUT2D eigenvalue weighted by atomic mass is 16.5. The molecule has 5 nitrogen and oxygen atoms in total. The molecule has 3 rings (SSSR count). The summed E-state index contributed by atoms with van der Waals surface area (Å²) in [5.74, 6) is 0.359. The van der Waals surface area contributed by atoms with E-state index in [4.69, 9.17) is 4.74 Å². The highest BCUT2D eigenvalue weighted by molar-refractivity contribution is 5.67. The number of ether oxygens (including phenoxy) is 1. The van der Waals surface area contributed by atoms with Crippen LogP contribution >= 0.6 is 0 Å². The summed E-state index contributed by atoms with van der Waals surface area (Å²) in [6.07, 6.45) is 4.21. The van der Waals surface area contributed by atoms with Crippen molar-refractivity contribution in [2.45, 2.75) is 38.3 Å². The fourth-order valence-corrected chi connectivity index (χ4v) is 4.11. The molecule has 1 aromatic rings. The third kappa shape index (κ3) is 4.65. The van der Waals surface area contributed by atoms with Crippen LogP contribution < -0.4 is 0 Å². The Morgan fingerprint density at radius 2 is 2.00 bits per heavy atom. The Bertz CT molecular complexity index is 623. The maximum atomic E-state index is 11.9. The molecule has 1 amide bonds. The maximum absolute atomic E-state index is 11.9. The summed E-state index contributed by atoms with van der Waals surface area (Å²) in [5, 5.41) is 9.81. The summed E-state index contributed by atoms with van der Waals surface area (Å²) in [4.78, 5) is 16.0.